The summed E-state index contributed by atoms with van der Waals surface area (Å²) < 4.78 is 31.1. The van der Waals surface area contributed by atoms with E-state index in [2.05, 4.69) is 15.5 Å². The van der Waals surface area contributed by atoms with Crippen LogP contribution in [0.3, 0.4) is 0 Å². The normalized spacial score (nSPS) is 13.2. The SMILES string of the molecule is Cc1nnc(C(CC(C)C)NC(=O)c2cccc(S(=O)(=O)N(C)C)c2)o1. The smallest absolute Gasteiger partial charge is 0.251 e. The fourth-order valence-corrected chi connectivity index (χ4v) is 3.34. The highest BCUT2D eigenvalue weighted by Crippen LogP contribution is 2.21. The Bertz CT molecular complexity index is 874. The van der Waals surface area contributed by atoms with Gasteiger partial charge in [-0.1, -0.05) is 19.9 Å². The molecule has 2 aromatic rings. The Morgan fingerprint density at radius 2 is 1.96 bits per heavy atom. The Balaban J connectivity index is 2.27. The second-order valence-corrected chi connectivity index (χ2v) is 8.78. The maximum absolute atomic E-state index is 12.7. The van der Waals surface area contributed by atoms with Crippen LogP contribution in [0.25, 0.3) is 0 Å². The second-order valence-electron chi connectivity index (χ2n) is 6.63. The van der Waals surface area contributed by atoms with Gasteiger partial charge in [0.25, 0.3) is 5.91 Å². The number of sulfonamides is 1. The number of aromatic nitrogens is 2. The van der Waals surface area contributed by atoms with Crippen molar-refractivity contribution in [1.29, 1.82) is 0 Å². The molecule has 1 N–H and O–H groups in total. The van der Waals surface area contributed by atoms with Gasteiger partial charge in [-0.15, -0.1) is 10.2 Å². The lowest BCUT2D eigenvalue weighted by atomic mass is 10.0. The summed E-state index contributed by atoms with van der Waals surface area (Å²) in [5, 5.41) is 10.7. The first-order valence-electron chi connectivity index (χ1n) is 8.24. The molecule has 1 heterocycles. The monoisotopic (exact) mass is 380 g/mol. The minimum atomic E-state index is -3.62. The fraction of sp³-hybridized carbons (Fsp3) is 0.471. The summed E-state index contributed by atoms with van der Waals surface area (Å²) in [7, 11) is -0.731. The summed E-state index contributed by atoms with van der Waals surface area (Å²) in [5.41, 5.74) is 0.248. The van der Waals surface area contributed by atoms with Crippen LogP contribution in [0.2, 0.25) is 0 Å². The van der Waals surface area contributed by atoms with Crippen LogP contribution in [0.5, 0.6) is 0 Å². The molecule has 1 aromatic heterocycles. The van der Waals surface area contributed by atoms with Gasteiger partial charge in [0, 0.05) is 26.6 Å². The second kappa shape index (κ2) is 7.96. The molecule has 1 unspecified atom stereocenters. The Kier molecular flexibility index (Phi) is 6.14. The topological polar surface area (TPSA) is 105 Å². The van der Waals surface area contributed by atoms with E-state index < -0.39 is 22.0 Å². The van der Waals surface area contributed by atoms with E-state index >= 15 is 0 Å². The highest BCUT2D eigenvalue weighted by atomic mass is 32.2. The average Bonchev–Trinajstić information content (AvgIpc) is 3.00. The minimum absolute atomic E-state index is 0.0594. The first-order chi connectivity index (χ1) is 12.1. The van der Waals surface area contributed by atoms with E-state index in [9.17, 15) is 13.2 Å². The van der Waals surface area contributed by atoms with Gasteiger partial charge in [-0.3, -0.25) is 4.79 Å². The zero-order valence-electron chi connectivity index (χ0n) is 15.6. The molecule has 0 aliphatic carbocycles. The minimum Gasteiger partial charge on any atom is -0.423 e. The number of hydrogen-bond donors (Lipinski definition) is 1. The third-order valence-electron chi connectivity index (χ3n) is 3.73. The number of hydrogen-bond acceptors (Lipinski definition) is 6. The molecule has 8 nitrogen and oxygen atoms in total. The van der Waals surface area contributed by atoms with Gasteiger partial charge in [-0.25, -0.2) is 12.7 Å². The molecule has 26 heavy (non-hydrogen) atoms. The van der Waals surface area contributed by atoms with Crippen molar-refractivity contribution in [2.45, 2.75) is 38.1 Å². The van der Waals surface area contributed by atoms with Gasteiger partial charge in [-0.05, 0) is 30.5 Å². The quantitative estimate of drug-likeness (QED) is 0.789. The van der Waals surface area contributed by atoms with Crippen LogP contribution < -0.4 is 5.32 Å². The van der Waals surface area contributed by atoms with E-state index in [1.165, 1.54) is 26.2 Å². The Labute approximate surface area is 153 Å². The molecule has 0 fully saturated rings. The van der Waals surface area contributed by atoms with Crippen LogP contribution >= 0.6 is 0 Å². The molecular weight excluding hydrogens is 356 g/mol. The highest BCUT2D eigenvalue weighted by Gasteiger charge is 2.24. The summed E-state index contributed by atoms with van der Waals surface area (Å²) >= 11 is 0. The highest BCUT2D eigenvalue weighted by molar-refractivity contribution is 7.89. The first-order valence-corrected chi connectivity index (χ1v) is 9.68. The van der Waals surface area contributed by atoms with Gasteiger partial charge >= 0.3 is 0 Å². The number of aryl methyl sites for hydroxylation is 1. The van der Waals surface area contributed by atoms with Gasteiger partial charge in [-0.2, -0.15) is 0 Å². The third-order valence-corrected chi connectivity index (χ3v) is 5.54. The number of carbonyl (C=O) groups is 1. The molecule has 1 amide bonds. The molecule has 0 saturated heterocycles. The van der Waals surface area contributed by atoms with Gasteiger partial charge < -0.3 is 9.73 Å². The number of rotatable bonds is 7. The van der Waals surface area contributed by atoms with Crippen molar-refractivity contribution in [2.24, 2.45) is 5.92 Å². The Hall–Kier alpha value is -2.26. The Morgan fingerprint density at radius 1 is 1.27 bits per heavy atom. The summed E-state index contributed by atoms with van der Waals surface area (Å²) in [5.74, 6) is 0.638. The largest absolute Gasteiger partial charge is 0.423 e. The van der Waals surface area contributed by atoms with Crippen molar-refractivity contribution in [3.05, 3.63) is 41.6 Å². The van der Waals surface area contributed by atoms with Crippen LogP contribution in [0.1, 0.15) is 48.4 Å². The van der Waals surface area contributed by atoms with E-state index in [1.54, 1.807) is 19.1 Å². The van der Waals surface area contributed by atoms with Crippen LogP contribution in [-0.4, -0.2) is 42.9 Å². The molecule has 0 aliphatic heterocycles. The number of carbonyl (C=O) groups excluding carboxylic acids is 1. The predicted octanol–water partition coefficient (Wildman–Crippen LogP) is 2.15. The lowest BCUT2D eigenvalue weighted by Gasteiger charge is -2.18. The molecular formula is C17H24N4O4S. The lowest BCUT2D eigenvalue weighted by Crippen LogP contribution is -2.30. The van der Waals surface area contributed by atoms with Gasteiger partial charge in [0.05, 0.1) is 4.90 Å². The molecule has 0 radical (unpaired) electrons. The van der Waals surface area contributed by atoms with Crippen LogP contribution in [0.4, 0.5) is 0 Å². The van der Waals surface area contributed by atoms with Crippen LogP contribution in [-0.2, 0) is 10.0 Å². The summed E-state index contributed by atoms with van der Waals surface area (Å²) in [6.07, 6.45) is 0.614. The number of benzene rings is 1. The third kappa shape index (κ3) is 4.67. The van der Waals surface area contributed by atoms with Gasteiger partial charge in [0.2, 0.25) is 21.8 Å². The van der Waals surface area contributed by atoms with E-state index in [0.29, 0.717) is 18.2 Å². The van der Waals surface area contributed by atoms with Crippen LogP contribution in [0.15, 0.2) is 33.6 Å². The lowest BCUT2D eigenvalue weighted by molar-refractivity contribution is 0.0924. The average molecular weight is 380 g/mol. The summed E-state index contributed by atoms with van der Waals surface area (Å²) in [6, 6.07) is 5.47. The van der Waals surface area contributed by atoms with Crippen molar-refractivity contribution in [3.8, 4) is 0 Å². The maximum atomic E-state index is 12.7. The molecule has 9 heteroatoms. The molecule has 0 spiro atoms. The van der Waals surface area contributed by atoms with Crippen molar-refractivity contribution in [1.82, 2.24) is 19.8 Å². The van der Waals surface area contributed by atoms with Gasteiger partial charge in [0.1, 0.15) is 6.04 Å². The van der Waals surface area contributed by atoms with Crippen molar-refractivity contribution < 1.29 is 17.6 Å². The fourth-order valence-electron chi connectivity index (χ4n) is 2.40. The number of nitrogens with one attached hydrogen (secondary N) is 1. The van der Waals surface area contributed by atoms with Crippen molar-refractivity contribution in [2.75, 3.05) is 14.1 Å². The summed E-state index contributed by atoms with van der Waals surface area (Å²) in [6.45, 7) is 5.72. The van der Waals surface area contributed by atoms with E-state index in [4.69, 9.17) is 4.42 Å². The zero-order valence-corrected chi connectivity index (χ0v) is 16.4. The molecule has 2 rings (SSSR count). The van der Waals surface area contributed by atoms with E-state index in [-0.39, 0.29) is 16.4 Å². The Morgan fingerprint density at radius 3 is 2.50 bits per heavy atom. The molecule has 1 atom stereocenters. The molecule has 1 aromatic carbocycles. The zero-order chi connectivity index (χ0) is 19.5. The molecule has 0 aliphatic rings. The maximum Gasteiger partial charge on any atom is 0.251 e. The van der Waals surface area contributed by atoms with E-state index in [1.807, 2.05) is 13.8 Å². The molecule has 142 valence electrons. The van der Waals surface area contributed by atoms with E-state index in [0.717, 1.165) is 4.31 Å². The summed E-state index contributed by atoms with van der Waals surface area (Å²) in [4.78, 5) is 12.7. The molecule has 0 saturated carbocycles. The number of amides is 1. The first kappa shape index (κ1) is 20.1. The predicted molar refractivity (Wildman–Crippen MR) is 96.0 cm³/mol. The van der Waals surface area contributed by atoms with Crippen molar-refractivity contribution >= 4 is 15.9 Å². The van der Waals surface area contributed by atoms with Gasteiger partial charge in [0.15, 0.2) is 0 Å². The standard InChI is InChI=1S/C17H24N4O4S/c1-11(2)9-15(17-20-19-12(3)25-17)18-16(22)13-7-6-8-14(10-13)26(23,24)21(4)5/h6-8,10-11,15H,9H2,1-5H3,(H,18,22). The van der Waals surface area contributed by atoms with Crippen LogP contribution in [0, 0.1) is 12.8 Å². The van der Waals surface area contributed by atoms with Crippen molar-refractivity contribution in [3.63, 3.8) is 0 Å². The molecule has 0 bridgehead atoms. The number of nitrogens with zero attached hydrogens (tertiary/aromatic N) is 3.